The molecule has 3 heteroatoms. The molecule has 5 rings (SSSR count). The van der Waals surface area contributed by atoms with Crippen LogP contribution in [0.25, 0.3) is 22.2 Å². The summed E-state index contributed by atoms with van der Waals surface area (Å²) in [6.07, 6.45) is 6.38. The SMILES string of the molecule is CCc1ccc(-c2cc(C(=O)N[C@H](C)[C@@H]3C[C@@H]4CC[C@@H]3C4)c3ccccc3n2)cc1. The molecule has 0 radical (unpaired) electrons. The van der Waals surface area contributed by atoms with Crippen LogP contribution < -0.4 is 5.32 Å². The van der Waals surface area contributed by atoms with Gasteiger partial charge < -0.3 is 5.32 Å². The van der Waals surface area contributed by atoms with Crippen LogP contribution in [0, 0.1) is 17.8 Å². The Kier molecular flexibility index (Phi) is 5.06. The van der Waals surface area contributed by atoms with Crippen LogP contribution in [-0.2, 0) is 6.42 Å². The number of fused-ring (bicyclic) bond motifs is 3. The highest BCUT2D eigenvalue weighted by Crippen LogP contribution is 2.49. The summed E-state index contributed by atoms with van der Waals surface area (Å²) in [5.41, 5.74) is 4.80. The van der Waals surface area contributed by atoms with E-state index >= 15 is 0 Å². The smallest absolute Gasteiger partial charge is 0.252 e. The van der Waals surface area contributed by atoms with Crippen molar-refractivity contribution in [2.75, 3.05) is 0 Å². The number of aromatic nitrogens is 1. The maximum absolute atomic E-state index is 13.4. The summed E-state index contributed by atoms with van der Waals surface area (Å²) in [5.74, 6) is 2.34. The number of benzene rings is 2. The molecule has 2 aliphatic carbocycles. The number of aryl methyl sites for hydroxylation is 1. The number of rotatable bonds is 5. The zero-order chi connectivity index (χ0) is 20.7. The first-order chi connectivity index (χ1) is 14.6. The van der Waals surface area contributed by atoms with Gasteiger partial charge in [0.2, 0.25) is 0 Å². The highest BCUT2D eigenvalue weighted by atomic mass is 16.1. The molecule has 1 heterocycles. The number of carbonyl (C=O) groups is 1. The minimum atomic E-state index is 0.0234. The van der Waals surface area contributed by atoms with Crippen LogP contribution in [0.4, 0.5) is 0 Å². The number of hydrogen-bond acceptors (Lipinski definition) is 2. The number of amides is 1. The van der Waals surface area contributed by atoms with Gasteiger partial charge in [-0.05, 0) is 68.1 Å². The molecule has 4 atom stereocenters. The molecule has 1 aromatic heterocycles. The van der Waals surface area contributed by atoms with E-state index in [4.69, 9.17) is 4.98 Å². The lowest BCUT2D eigenvalue weighted by atomic mass is 9.84. The third-order valence-electron chi connectivity index (χ3n) is 7.41. The minimum Gasteiger partial charge on any atom is -0.349 e. The lowest BCUT2D eigenvalue weighted by Gasteiger charge is -2.28. The summed E-state index contributed by atoms with van der Waals surface area (Å²) >= 11 is 0. The molecular formula is C27H30N2O. The van der Waals surface area contributed by atoms with Gasteiger partial charge in [-0.3, -0.25) is 4.79 Å². The van der Waals surface area contributed by atoms with Crippen molar-refractivity contribution in [3.63, 3.8) is 0 Å². The van der Waals surface area contributed by atoms with Crippen LogP contribution in [0.2, 0.25) is 0 Å². The molecule has 0 saturated heterocycles. The van der Waals surface area contributed by atoms with E-state index in [1.54, 1.807) is 0 Å². The molecule has 3 nitrogen and oxygen atoms in total. The Morgan fingerprint density at radius 2 is 1.90 bits per heavy atom. The maximum atomic E-state index is 13.4. The number of hydrogen-bond donors (Lipinski definition) is 1. The number of para-hydroxylation sites is 1. The maximum Gasteiger partial charge on any atom is 0.252 e. The van der Waals surface area contributed by atoms with Gasteiger partial charge >= 0.3 is 0 Å². The third-order valence-corrected chi connectivity index (χ3v) is 7.41. The lowest BCUT2D eigenvalue weighted by Crippen LogP contribution is -2.40. The summed E-state index contributed by atoms with van der Waals surface area (Å²) in [6, 6.07) is 18.6. The Hall–Kier alpha value is -2.68. The molecule has 154 valence electrons. The van der Waals surface area contributed by atoms with Crippen LogP contribution in [0.1, 0.15) is 55.5 Å². The Morgan fingerprint density at radius 3 is 2.60 bits per heavy atom. The monoisotopic (exact) mass is 398 g/mol. The van der Waals surface area contributed by atoms with Crippen molar-refractivity contribution in [1.82, 2.24) is 10.3 Å². The fourth-order valence-electron chi connectivity index (χ4n) is 5.72. The summed E-state index contributed by atoms with van der Waals surface area (Å²) in [5, 5.41) is 4.27. The molecule has 2 aromatic carbocycles. The topological polar surface area (TPSA) is 42.0 Å². The first-order valence-corrected chi connectivity index (χ1v) is 11.4. The quantitative estimate of drug-likeness (QED) is 0.571. The molecule has 30 heavy (non-hydrogen) atoms. The van der Waals surface area contributed by atoms with Gasteiger partial charge in [-0.1, -0.05) is 55.8 Å². The highest BCUT2D eigenvalue weighted by molar-refractivity contribution is 6.07. The molecule has 2 saturated carbocycles. The molecule has 0 unspecified atom stereocenters. The first kappa shape index (κ1) is 19.3. The van der Waals surface area contributed by atoms with E-state index in [-0.39, 0.29) is 11.9 Å². The number of nitrogens with one attached hydrogen (secondary N) is 1. The average Bonchev–Trinajstić information content (AvgIpc) is 3.42. The molecule has 1 amide bonds. The van der Waals surface area contributed by atoms with Gasteiger partial charge in [0.15, 0.2) is 0 Å². The fourth-order valence-corrected chi connectivity index (χ4v) is 5.72. The van der Waals surface area contributed by atoms with E-state index in [0.29, 0.717) is 5.92 Å². The van der Waals surface area contributed by atoms with Crippen molar-refractivity contribution >= 4 is 16.8 Å². The van der Waals surface area contributed by atoms with Crippen molar-refractivity contribution in [2.45, 2.75) is 52.0 Å². The molecule has 0 spiro atoms. The molecular weight excluding hydrogens is 368 g/mol. The summed E-state index contributed by atoms with van der Waals surface area (Å²) in [6.45, 7) is 4.35. The number of pyridine rings is 1. The van der Waals surface area contributed by atoms with Crippen molar-refractivity contribution < 1.29 is 4.79 Å². The Balaban J connectivity index is 1.46. The van der Waals surface area contributed by atoms with Gasteiger partial charge in [-0.25, -0.2) is 4.98 Å². The van der Waals surface area contributed by atoms with E-state index in [2.05, 4.69) is 43.4 Å². The fraction of sp³-hybridized carbons (Fsp3) is 0.407. The zero-order valence-electron chi connectivity index (χ0n) is 17.9. The highest BCUT2D eigenvalue weighted by Gasteiger charge is 2.42. The Bertz CT molecular complexity index is 1070. The zero-order valence-corrected chi connectivity index (χ0v) is 17.9. The van der Waals surface area contributed by atoms with Gasteiger partial charge in [0, 0.05) is 17.0 Å². The van der Waals surface area contributed by atoms with E-state index in [1.807, 2.05) is 30.3 Å². The van der Waals surface area contributed by atoms with Gasteiger partial charge in [0.05, 0.1) is 16.8 Å². The van der Waals surface area contributed by atoms with E-state index in [9.17, 15) is 4.79 Å². The van der Waals surface area contributed by atoms with Crippen molar-refractivity contribution in [2.24, 2.45) is 17.8 Å². The number of nitrogens with zero attached hydrogens (tertiary/aromatic N) is 1. The van der Waals surface area contributed by atoms with Crippen LogP contribution in [0.15, 0.2) is 54.6 Å². The van der Waals surface area contributed by atoms with Crippen molar-refractivity contribution in [3.8, 4) is 11.3 Å². The standard InChI is InChI=1S/C27H30N2O/c1-3-18-8-11-20(12-9-18)26-16-24(22-6-4-5-7-25(22)29-26)27(30)28-17(2)23-15-19-10-13-21(23)14-19/h4-9,11-12,16-17,19,21,23H,3,10,13-15H2,1-2H3,(H,28,30)/t17-,19-,21-,23+/m1/s1. The average molecular weight is 399 g/mol. The Morgan fingerprint density at radius 1 is 1.10 bits per heavy atom. The van der Waals surface area contributed by atoms with Crippen molar-refractivity contribution in [3.05, 3.63) is 65.7 Å². The van der Waals surface area contributed by atoms with Gasteiger partial charge in [0.1, 0.15) is 0 Å². The predicted molar refractivity (Wildman–Crippen MR) is 122 cm³/mol. The molecule has 2 bridgehead atoms. The van der Waals surface area contributed by atoms with E-state index in [0.717, 1.165) is 46.0 Å². The van der Waals surface area contributed by atoms with Crippen molar-refractivity contribution in [1.29, 1.82) is 0 Å². The predicted octanol–water partition coefficient (Wildman–Crippen LogP) is 6.02. The van der Waals surface area contributed by atoms with Gasteiger partial charge in [0.25, 0.3) is 5.91 Å². The summed E-state index contributed by atoms with van der Waals surface area (Å²) < 4.78 is 0. The first-order valence-electron chi connectivity index (χ1n) is 11.4. The molecule has 2 fully saturated rings. The summed E-state index contributed by atoms with van der Waals surface area (Å²) in [7, 11) is 0. The van der Waals surface area contributed by atoms with Crippen LogP contribution >= 0.6 is 0 Å². The largest absolute Gasteiger partial charge is 0.349 e. The van der Waals surface area contributed by atoms with Crippen LogP contribution in [0.5, 0.6) is 0 Å². The number of carbonyl (C=O) groups excluding carboxylic acids is 1. The van der Waals surface area contributed by atoms with Crippen LogP contribution in [0.3, 0.4) is 0 Å². The summed E-state index contributed by atoms with van der Waals surface area (Å²) in [4.78, 5) is 18.2. The molecule has 2 aliphatic rings. The van der Waals surface area contributed by atoms with Crippen LogP contribution in [-0.4, -0.2) is 16.9 Å². The van der Waals surface area contributed by atoms with E-state index < -0.39 is 0 Å². The lowest BCUT2D eigenvalue weighted by molar-refractivity contribution is 0.0917. The molecule has 0 aliphatic heterocycles. The van der Waals surface area contributed by atoms with Gasteiger partial charge in [-0.2, -0.15) is 0 Å². The normalized spacial score (nSPS) is 23.6. The third kappa shape index (κ3) is 3.51. The minimum absolute atomic E-state index is 0.0234. The Labute approximate surface area is 178 Å². The molecule has 1 N–H and O–H groups in total. The molecule has 3 aromatic rings. The second kappa shape index (κ2) is 7.86. The second-order valence-electron chi connectivity index (χ2n) is 9.22. The second-order valence-corrected chi connectivity index (χ2v) is 9.22. The van der Waals surface area contributed by atoms with Gasteiger partial charge in [-0.15, -0.1) is 0 Å². The van der Waals surface area contributed by atoms with E-state index in [1.165, 1.54) is 31.2 Å².